The molecule has 1 aliphatic heterocycles. The summed E-state index contributed by atoms with van der Waals surface area (Å²) in [5.74, 6) is 0. The quantitative estimate of drug-likeness (QED) is 0.608. The molecule has 1 nitrogen and oxygen atoms in total. The molecule has 0 aliphatic carbocycles. The van der Waals surface area contributed by atoms with E-state index in [2.05, 4.69) is 25.1 Å². The second-order valence-corrected chi connectivity index (χ2v) is 2.25. The van der Waals surface area contributed by atoms with Crippen molar-refractivity contribution in [1.29, 1.82) is 0 Å². The van der Waals surface area contributed by atoms with Crippen LogP contribution >= 0.6 is 0 Å². The van der Waals surface area contributed by atoms with Crippen LogP contribution in [0, 0.1) is 0 Å². The van der Waals surface area contributed by atoms with Gasteiger partial charge in [0.2, 0.25) is 0 Å². The molecule has 1 heteroatoms. The highest BCUT2D eigenvalue weighted by atomic mass is 14.9. The zero-order valence-corrected chi connectivity index (χ0v) is 5.98. The van der Waals surface area contributed by atoms with Crippen LogP contribution in [0.25, 0.3) is 0 Å². The molecule has 0 aromatic rings. The maximum Gasteiger partial charge on any atom is 0.0412 e. The standard InChI is InChI=1S/C9H11N/c1-4-8-6-7(3)10-9(8)5-2/h4-5,10H,1-3,6H2. The Hall–Kier alpha value is -1.24. The summed E-state index contributed by atoms with van der Waals surface area (Å²) >= 11 is 0. The van der Waals surface area contributed by atoms with Crippen molar-refractivity contribution in [2.45, 2.75) is 6.42 Å². The molecule has 0 spiro atoms. The van der Waals surface area contributed by atoms with E-state index < -0.39 is 0 Å². The molecule has 1 rings (SSSR count). The molecule has 10 heavy (non-hydrogen) atoms. The van der Waals surface area contributed by atoms with Gasteiger partial charge in [0.1, 0.15) is 0 Å². The lowest BCUT2D eigenvalue weighted by Crippen LogP contribution is -2.01. The number of hydrogen-bond acceptors (Lipinski definition) is 1. The zero-order chi connectivity index (χ0) is 7.56. The van der Waals surface area contributed by atoms with Crippen LogP contribution in [-0.4, -0.2) is 0 Å². The highest BCUT2D eigenvalue weighted by Crippen LogP contribution is 2.20. The summed E-state index contributed by atoms with van der Waals surface area (Å²) in [6.07, 6.45) is 4.50. The highest BCUT2D eigenvalue weighted by molar-refractivity contribution is 5.40. The molecule has 52 valence electrons. The summed E-state index contributed by atoms with van der Waals surface area (Å²) in [6.45, 7) is 11.2. The van der Waals surface area contributed by atoms with Gasteiger partial charge in [0.05, 0.1) is 0 Å². The van der Waals surface area contributed by atoms with E-state index in [0.717, 1.165) is 17.8 Å². The molecule has 0 radical (unpaired) electrons. The summed E-state index contributed by atoms with van der Waals surface area (Å²) in [5, 5.41) is 3.10. The molecule has 0 unspecified atom stereocenters. The summed E-state index contributed by atoms with van der Waals surface area (Å²) < 4.78 is 0. The minimum atomic E-state index is 0.880. The normalized spacial score (nSPS) is 17.0. The fourth-order valence-corrected chi connectivity index (χ4v) is 1.00. The lowest BCUT2D eigenvalue weighted by Gasteiger charge is -1.95. The molecular formula is C9H11N. The van der Waals surface area contributed by atoms with Crippen molar-refractivity contribution in [2.24, 2.45) is 0 Å². The van der Waals surface area contributed by atoms with Crippen LogP contribution in [0.1, 0.15) is 6.42 Å². The molecule has 0 amide bonds. The SMILES string of the molecule is C=CC1=C(C=C)NC(=C)C1. The third-order valence-electron chi connectivity index (χ3n) is 1.51. The Balaban J connectivity index is 2.90. The van der Waals surface area contributed by atoms with Crippen LogP contribution in [0.3, 0.4) is 0 Å². The van der Waals surface area contributed by atoms with Crippen LogP contribution in [0.5, 0.6) is 0 Å². The lowest BCUT2D eigenvalue weighted by atomic mass is 10.2. The molecular weight excluding hydrogens is 122 g/mol. The fourth-order valence-electron chi connectivity index (χ4n) is 1.00. The van der Waals surface area contributed by atoms with Gasteiger partial charge >= 0.3 is 0 Å². The molecule has 0 saturated carbocycles. The fraction of sp³-hybridized carbons (Fsp3) is 0.111. The highest BCUT2D eigenvalue weighted by Gasteiger charge is 2.10. The topological polar surface area (TPSA) is 12.0 Å². The van der Waals surface area contributed by atoms with Crippen molar-refractivity contribution in [3.8, 4) is 0 Å². The van der Waals surface area contributed by atoms with Gasteiger partial charge in [-0.05, 0) is 11.6 Å². The van der Waals surface area contributed by atoms with Gasteiger partial charge in [-0.25, -0.2) is 0 Å². The molecule has 1 aliphatic rings. The minimum absolute atomic E-state index is 0.880. The van der Waals surface area contributed by atoms with Crippen molar-refractivity contribution in [3.63, 3.8) is 0 Å². The van der Waals surface area contributed by atoms with Crippen molar-refractivity contribution >= 4 is 0 Å². The predicted molar refractivity (Wildman–Crippen MR) is 44.3 cm³/mol. The molecule has 0 aromatic carbocycles. The third-order valence-corrected chi connectivity index (χ3v) is 1.51. The summed E-state index contributed by atoms with van der Waals surface area (Å²) in [7, 11) is 0. The number of nitrogens with one attached hydrogen (secondary N) is 1. The first-order chi connectivity index (χ1) is 4.77. The second kappa shape index (κ2) is 2.56. The molecule has 0 saturated heterocycles. The van der Waals surface area contributed by atoms with Crippen molar-refractivity contribution in [3.05, 3.63) is 48.9 Å². The average Bonchev–Trinajstić information content (AvgIpc) is 2.30. The van der Waals surface area contributed by atoms with Crippen LogP contribution in [0.2, 0.25) is 0 Å². The Bertz CT molecular complexity index is 199. The molecule has 0 bridgehead atoms. The number of rotatable bonds is 2. The van der Waals surface area contributed by atoms with Gasteiger partial charge in [0.25, 0.3) is 0 Å². The monoisotopic (exact) mass is 133 g/mol. The molecule has 0 fully saturated rings. The van der Waals surface area contributed by atoms with Crippen molar-refractivity contribution < 1.29 is 0 Å². The number of hydrogen-bond donors (Lipinski definition) is 1. The van der Waals surface area contributed by atoms with Gasteiger partial charge in [-0.1, -0.05) is 25.8 Å². The first-order valence-electron chi connectivity index (χ1n) is 3.20. The summed E-state index contributed by atoms with van der Waals surface area (Å²) in [4.78, 5) is 0. The summed E-state index contributed by atoms with van der Waals surface area (Å²) in [5.41, 5.74) is 3.24. The smallest absolute Gasteiger partial charge is 0.0412 e. The largest absolute Gasteiger partial charge is 0.359 e. The Labute approximate surface area is 61.4 Å². The van der Waals surface area contributed by atoms with Crippen LogP contribution < -0.4 is 5.32 Å². The minimum Gasteiger partial charge on any atom is -0.359 e. The van der Waals surface area contributed by atoms with Crippen LogP contribution in [-0.2, 0) is 0 Å². The Kier molecular flexibility index (Phi) is 1.76. The lowest BCUT2D eigenvalue weighted by molar-refractivity contribution is 1.04. The first kappa shape index (κ1) is 6.87. The Morgan fingerprint density at radius 2 is 2.00 bits per heavy atom. The Morgan fingerprint density at radius 1 is 1.30 bits per heavy atom. The van der Waals surface area contributed by atoms with Crippen LogP contribution in [0.4, 0.5) is 0 Å². The summed E-state index contributed by atoms with van der Waals surface area (Å²) in [6, 6.07) is 0. The Morgan fingerprint density at radius 3 is 2.40 bits per heavy atom. The van der Waals surface area contributed by atoms with E-state index in [1.165, 1.54) is 5.57 Å². The first-order valence-corrected chi connectivity index (χ1v) is 3.20. The third kappa shape index (κ3) is 1.03. The second-order valence-electron chi connectivity index (χ2n) is 2.25. The molecule has 1 N–H and O–H groups in total. The van der Waals surface area contributed by atoms with Gasteiger partial charge in [-0.3, -0.25) is 0 Å². The van der Waals surface area contributed by atoms with Crippen molar-refractivity contribution in [1.82, 2.24) is 5.32 Å². The zero-order valence-electron chi connectivity index (χ0n) is 5.98. The van der Waals surface area contributed by atoms with Gasteiger partial charge in [-0.15, -0.1) is 0 Å². The maximum atomic E-state index is 3.80. The average molecular weight is 133 g/mol. The predicted octanol–water partition coefficient (Wildman–Crippen LogP) is 2.12. The molecule has 1 heterocycles. The van der Waals surface area contributed by atoms with Crippen LogP contribution in [0.15, 0.2) is 48.9 Å². The van der Waals surface area contributed by atoms with Gasteiger partial charge in [0.15, 0.2) is 0 Å². The van der Waals surface area contributed by atoms with Gasteiger partial charge in [-0.2, -0.15) is 0 Å². The van der Waals surface area contributed by atoms with E-state index in [0.29, 0.717) is 0 Å². The van der Waals surface area contributed by atoms with E-state index in [4.69, 9.17) is 0 Å². The van der Waals surface area contributed by atoms with Gasteiger partial charge in [0, 0.05) is 17.8 Å². The van der Waals surface area contributed by atoms with Gasteiger partial charge < -0.3 is 5.32 Å². The van der Waals surface area contributed by atoms with Crippen molar-refractivity contribution in [2.75, 3.05) is 0 Å². The van der Waals surface area contributed by atoms with E-state index in [1.54, 1.807) is 6.08 Å². The van der Waals surface area contributed by atoms with E-state index >= 15 is 0 Å². The van der Waals surface area contributed by atoms with E-state index in [9.17, 15) is 0 Å². The molecule has 0 atom stereocenters. The van der Waals surface area contributed by atoms with E-state index in [-0.39, 0.29) is 0 Å². The number of allylic oxidation sites excluding steroid dienone is 3. The van der Waals surface area contributed by atoms with E-state index in [1.807, 2.05) is 6.08 Å². The molecule has 0 aromatic heterocycles. The maximum absolute atomic E-state index is 3.80.